The molecule has 1 aliphatic heterocycles. The number of rotatable bonds is 4. The van der Waals surface area contributed by atoms with Crippen molar-refractivity contribution in [3.05, 3.63) is 53.1 Å². The van der Waals surface area contributed by atoms with Crippen molar-refractivity contribution in [2.45, 2.75) is 77.1 Å². The monoisotopic (exact) mass is 435 g/mol. The molecule has 6 nitrogen and oxygen atoms in total. The topological polar surface area (TPSA) is 67.6 Å². The first-order valence-corrected chi connectivity index (χ1v) is 10.5. The lowest BCUT2D eigenvalue weighted by atomic mass is 9.91. The van der Waals surface area contributed by atoms with Crippen LogP contribution in [0.2, 0.25) is 0 Å². The highest BCUT2D eigenvalue weighted by molar-refractivity contribution is 5.66. The quantitative estimate of drug-likeness (QED) is 0.694. The van der Waals surface area contributed by atoms with E-state index in [9.17, 15) is 18.7 Å². The zero-order valence-electron chi connectivity index (χ0n) is 18.9. The van der Waals surface area contributed by atoms with Gasteiger partial charge in [0, 0.05) is 30.7 Å². The van der Waals surface area contributed by atoms with Crippen molar-refractivity contribution < 1.29 is 23.4 Å². The molecule has 0 bridgehead atoms. The average Bonchev–Trinajstić information content (AvgIpc) is 2.99. The first-order valence-electron chi connectivity index (χ1n) is 10.5. The third kappa shape index (κ3) is 4.31. The number of amides is 1. The van der Waals surface area contributed by atoms with Crippen LogP contribution in [0.5, 0.6) is 0 Å². The highest BCUT2D eigenvalue weighted by Gasteiger charge is 2.41. The second-order valence-electron chi connectivity index (χ2n) is 9.58. The number of halogens is 2. The molecule has 31 heavy (non-hydrogen) atoms. The van der Waals surface area contributed by atoms with Gasteiger partial charge in [-0.2, -0.15) is 0 Å². The lowest BCUT2D eigenvalue weighted by Crippen LogP contribution is -2.47. The normalized spacial score (nSPS) is 19.6. The van der Waals surface area contributed by atoms with E-state index < -0.39 is 40.8 Å². The Morgan fingerprint density at radius 2 is 1.81 bits per heavy atom. The van der Waals surface area contributed by atoms with E-state index in [0.29, 0.717) is 18.7 Å². The van der Waals surface area contributed by atoms with E-state index in [1.807, 2.05) is 39.2 Å². The summed E-state index contributed by atoms with van der Waals surface area (Å²) < 4.78 is 36.8. The van der Waals surface area contributed by atoms with E-state index in [1.165, 1.54) is 23.1 Å². The number of hydrogen-bond donors (Lipinski definition) is 1. The second-order valence-corrected chi connectivity index (χ2v) is 9.58. The van der Waals surface area contributed by atoms with Crippen LogP contribution in [-0.2, 0) is 16.9 Å². The van der Waals surface area contributed by atoms with Crippen molar-refractivity contribution in [3.8, 4) is 0 Å². The number of hydrogen-bond acceptors (Lipinski definition) is 3. The van der Waals surface area contributed by atoms with Crippen LogP contribution in [0, 0.1) is 11.6 Å². The Kier molecular flexibility index (Phi) is 6.15. The van der Waals surface area contributed by atoms with Crippen molar-refractivity contribution in [2.24, 2.45) is 0 Å². The molecule has 3 rings (SSSR count). The summed E-state index contributed by atoms with van der Waals surface area (Å²) in [6, 6.07) is 3.31. The van der Waals surface area contributed by atoms with Crippen LogP contribution >= 0.6 is 0 Å². The standard InChI is InChI=1S/C23H31F2N3O3/c1-22(2,3)28(21(29)30)17-11-10-14(19-15(24)8-7-9-16(19)25)13-27-18(12-26-20(17)27)23(4,5)31-6/h7-9,12,14,17H,10-11,13H2,1-6H3,(H,29,30)/t14-,17-/m1/s1. The smallest absolute Gasteiger partial charge is 0.408 e. The molecular weight excluding hydrogens is 404 g/mol. The van der Waals surface area contributed by atoms with Crippen LogP contribution < -0.4 is 0 Å². The summed E-state index contributed by atoms with van der Waals surface area (Å²) in [5, 5.41) is 10.0. The van der Waals surface area contributed by atoms with Gasteiger partial charge in [-0.05, 0) is 59.6 Å². The number of ether oxygens (including phenoxy) is 1. The number of nitrogens with zero attached hydrogens (tertiary/aromatic N) is 3. The highest BCUT2D eigenvalue weighted by Crippen LogP contribution is 2.41. The first kappa shape index (κ1) is 23.2. The molecule has 1 aromatic carbocycles. The van der Waals surface area contributed by atoms with Gasteiger partial charge in [0.15, 0.2) is 0 Å². The lowest BCUT2D eigenvalue weighted by Gasteiger charge is -2.39. The number of carbonyl (C=O) groups is 1. The number of fused-ring (bicyclic) bond motifs is 1. The molecule has 8 heteroatoms. The van der Waals surface area contributed by atoms with Gasteiger partial charge in [0.25, 0.3) is 0 Å². The van der Waals surface area contributed by atoms with E-state index in [1.54, 1.807) is 13.3 Å². The summed E-state index contributed by atoms with van der Waals surface area (Å²) in [6.07, 6.45) is 1.43. The maximum absolute atomic E-state index is 14.6. The molecule has 1 aromatic heterocycles. The predicted molar refractivity (Wildman–Crippen MR) is 113 cm³/mol. The van der Waals surface area contributed by atoms with Gasteiger partial charge in [0.2, 0.25) is 0 Å². The molecule has 2 atom stereocenters. The van der Waals surface area contributed by atoms with Crippen molar-refractivity contribution in [1.29, 1.82) is 0 Å². The molecule has 0 unspecified atom stereocenters. The Labute approximate surface area is 181 Å². The van der Waals surface area contributed by atoms with Gasteiger partial charge in [0.05, 0.1) is 17.9 Å². The molecule has 0 aliphatic carbocycles. The molecule has 0 saturated heterocycles. The SMILES string of the molecule is COC(C)(C)c1cnc2n1C[C@H](c1c(F)cccc1F)CC[C@H]2N(C(=O)O)C(C)(C)C. The van der Waals surface area contributed by atoms with Crippen molar-refractivity contribution >= 4 is 6.09 Å². The van der Waals surface area contributed by atoms with E-state index >= 15 is 0 Å². The van der Waals surface area contributed by atoms with Crippen LogP contribution in [-0.4, -0.2) is 38.3 Å². The van der Waals surface area contributed by atoms with Crippen LogP contribution in [0.25, 0.3) is 0 Å². The van der Waals surface area contributed by atoms with Crippen LogP contribution in [0.3, 0.4) is 0 Å². The average molecular weight is 436 g/mol. The Morgan fingerprint density at radius 3 is 2.32 bits per heavy atom. The maximum atomic E-state index is 14.6. The number of methoxy groups -OCH3 is 1. The van der Waals surface area contributed by atoms with Gasteiger partial charge in [-0.3, -0.25) is 4.90 Å². The van der Waals surface area contributed by atoms with Crippen molar-refractivity contribution in [1.82, 2.24) is 14.5 Å². The molecule has 2 aromatic rings. The summed E-state index contributed by atoms with van der Waals surface area (Å²) in [7, 11) is 1.58. The largest absolute Gasteiger partial charge is 0.465 e. The van der Waals surface area contributed by atoms with E-state index in [-0.39, 0.29) is 12.1 Å². The summed E-state index contributed by atoms with van der Waals surface area (Å²) in [5.41, 5.74) is -0.638. The van der Waals surface area contributed by atoms with Crippen LogP contribution in [0.4, 0.5) is 13.6 Å². The van der Waals surface area contributed by atoms with Crippen LogP contribution in [0.15, 0.2) is 24.4 Å². The number of imidazole rings is 1. The fraction of sp³-hybridized carbons (Fsp3) is 0.565. The van der Waals surface area contributed by atoms with Crippen LogP contribution in [0.1, 0.15) is 76.5 Å². The predicted octanol–water partition coefficient (Wildman–Crippen LogP) is 5.44. The molecule has 170 valence electrons. The third-order valence-electron chi connectivity index (χ3n) is 6.15. The number of aromatic nitrogens is 2. The number of carboxylic acid groups (broad SMARTS) is 1. The fourth-order valence-electron chi connectivity index (χ4n) is 4.50. The van der Waals surface area contributed by atoms with Gasteiger partial charge >= 0.3 is 6.09 Å². The Bertz CT molecular complexity index is 945. The van der Waals surface area contributed by atoms with E-state index in [2.05, 4.69) is 4.98 Å². The lowest BCUT2D eigenvalue weighted by molar-refractivity contribution is 0.0117. The molecule has 0 saturated carbocycles. The Morgan fingerprint density at radius 1 is 1.19 bits per heavy atom. The summed E-state index contributed by atoms with van der Waals surface area (Å²) in [5.74, 6) is -1.09. The molecule has 1 N–H and O–H groups in total. The molecule has 2 heterocycles. The summed E-state index contributed by atoms with van der Waals surface area (Å²) in [6.45, 7) is 9.53. The third-order valence-corrected chi connectivity index (χ3v) is 6.15. The number of benzene rings is 1. The first-order chi connectivity index (χ1) is 14.4. The Hall–Kier alpha value is -2.48. The minimum atomic E-state index is -1.06. The van der Waals surface area contributed by atoms with Gasteiger partial charge in [-0.15, -0.1) is 0 Å². The zero-order valence-corrected chi connectivity index (χ0v) is 18.9. The molecular formula is C23H31F2N3O3. The van der Waals surface area contributed by atoms with Gasteiger partial charge < -0.3 is 14.4 Å². The molecule has 0 fully saturated rings. The summed E-state index contributed by atoms with van der Waals surface area (Å²) >= 11 is 0. The van der Waals surface area contributed by atoms with Gasteiger partial charge in [0.1, 0.15) is 23.1 Å². The van der Waals surface area contributed by atoms with Gasteiger partial charge in [-0.1, -0.05) is 6.07 Å². The minimum absolute atomic E-state index is 0.0293. The fourth-order valence-corrected chi connectivity index (χ4v) is 4.50. The van der Waals surface area contributed by atoms with Crippen molar-refractivity contribution in [3.63, 3.8) is 0 Å². The van der Waals surface area contributed by atoms with E-state index in [4.69, 9.17) is 4.74 Å². The molecule has 1 amide bonds. The summed E-state index contributed by atoms with van der Waals surface area (Å²) in [4.78, 5) is 18.2. The highest BCUT2D eigenvalue weighted by atomic mass is 19.1. The van der Waals surface area contributed by atoms with E-state index in [0.717, 1.165) is 5.69 Å². The van der Waals surface area contributed by atoms with Crippen molar-refractivity contribution in [2.75, 3.05) is 7.11 Å². The maximum Gasteiger partial charge on any atom is 0.408 e. The second kappa shape index (κ2) is 8.22. The molecule has 0 radical (unpaired) electrons. The zero-order chi connectivity index (χ0) is 23.1. The minimum Gasteiger partial charge on any atom is -0.465 e. The molecule has 0 spiro atoms. The molecule has 1 aliphatic rings. The Balaban J connectivity index is 2.18. The van der Waals surface area contributed by atoms with Gasteiger partial charge in [-0.25, -0.2) is 18.6 Å².